The summed E-state index contributed by atoms with van der Waals surface area (Å²) in [5.41, 5.74) is 4.09. The Morgan fingerprint density at radius 1 is 0.786 bits per heavy atom. The molecule has 0 spiro atoms. The summed E-state index contributed by atoms with van der Waals surface area (Å²) in [7, 11) is 0. The third kappa shape index (κ3) is 2.23. The van der Waals surface area contributed by atoms with Crippen molar-refractivity contribution in [2.24, 2.45) is 0 Å². The molecular weight excluding hydrogens is 168 g/mol. The Balaban J connectivity index is 2.19. The van der Waals surface area contributed by atoms with Crippen LogP contribution in [0.1, 0.15) is 16.7 Å². The summed E-state index contributed by atoms with van der Waals surface area (Å²) in [5, 5.41) is 0. The third-order valence-corrected chi connectivity index (χ3v) is 2.33. The van der Waals surface area contributed by atoms with Crippen LogP contribution in [0.25, 0.3) is 0 Å². The molecule has 2 rings (SSSR count). The van der Waals surface area contributed by atoms with Crippen molar-refractivity contribution < 1.29 is 0 Å². The lowest BCUT2D eigenvalue weighted by atomic mass is 10.0. The normalized spacial score (nSPS) is 10.1. The molecule has 0 bridgehead atoms. The van der Waals surface area contributed by atoms with E-state index in [1.807, 2.05) is 0 Å². The van der Waals surface area contributed by atoms with Crippen LogP contribution in [0.2, 0.25) is 0 Å². The molecule has 0 unspecified atom stereocenters. The smallest absolute Gasteiger partial charge is 0.00257 e. The zero-order valence-electron chi connectivity index (χ0n) is 8.40. The van der Waals surface area contributed by atoms with Gasteiger partial charge in [-0.15, -0.1) is 0 Å². The molecule has 0 fully saturated rings. The minimum atomic E-state index is 1.03. The molecule has 0 heterocycles. The molecule has 0 aromatic heterocycles. The predicted octanol–water partition coefficient (Wildman–Crippen LogP) is 3.59. The quantitative estimate of drug-likeness (QED) is 0.666. The van der Waals surface area contributed by atoms with Crippen LogP contribution in [0.15, 0.2) is 54.6 Å². The van der Waals surface area contributed by atoms with E-state index in [1.165, 1.54) is 16.7 Å². The third-order valence-electron chi connectivity index (χ3n) is 2.33. The monoisotopic (exact) mass is 182 g/mol. The van der Waals surface area contributed by atoms with Gasteiger partial charge in [0.15, 0.2) is 0 Å². The van der Waals surface area contributed by atoms with Crippen molar-refractivity contribution in [1.82, 2.24) is 0 Å². The van der Waals surface area contributed by atoms with E-state index in [9.17, 15) is 0 Å². The van der Waals surface area contributed by atoms with E-state index in [-0.39, 0.29) is 0 Å². The number of rotatable bonds is 2. The molecule has 0 atom stereocenters. The van der Waals surface area contributed by atoms with Gasteiger partial charge in [-0.25, -0.2) is 0 Å². The molecule has 0 nitrogen and oxygen atoms in total. The van der Waals surface area contributed by atoms with Gasteiger partial charge in [0.1, 0.15) is 0 Å². The van der Waals surface area contributed by atoms with E-state index in [0.717, 1.165) is 6.42 Å². The first-order valence-corrected chi connectivity index (χ1v) is 4.94. The highest BCUT2D eigenvalue weighted by atomic mass is 14.0. The van der Waals surface area contributed by atoms with Crippen LogP contribution in [0.4, 0.5) is 0 Å². The van der Waals surface area contributed by atoms with Crippen molar-refractivity contribution >= 4 is 0 Å². The first-order chi connectivity index (χ1) is 6.84. The molecular formula is C14H14. The highest BCUT2D eigenvalue weighted by Gasteiger charge is 1.94. The van der Waals surface area contributed by atoms with Gasteiger partial charge in [-0.1, -0.05) is 60.2 Å². The van der Waals surface area contributed by atoms with E-state index >= 15 is 0 Å². The SMILES string of the molecule is Cc1cccc(Cc2ccccc2)c1. The van der Waals surface area contributed by atoms with Gasteiger partial charge in [-0.3, -0.25) is 0 Å². The Morgan fingerprint density at radius 2 is 1.50 bits per heavy atom. The Bertz CT molecular complexity index is 401. The highest BCUT2D eigenvalue weighted by molar-refractivity contribution is 5.28. The van der Waals surface area contributed by atoms with Gasteiger partial charge in [0, 0.05) is 0 Å². The summed E-state index contributed by atoms with van der Waals surface area (Å²) in [6.45, 7) is 2.13. The van der Waals surface area contributed by atoms with E-state index in [4.69, 9.17) is 0 Å². The first-order valence-electron chi connectivity index (χ1n) is 4.94. The molecule has 0 saturated heterocycles. The standard InChI is InChI=1S/C14H14/c1-12-6-5-9-14(10-12)11-13-7-3-2-4-8-13/h2-10H,11H2,1H3. The minimum Gasteiger partial charge on any atom is -0.0622 e. The van der Waals surface area contributed by atoms with Crippen molar-refractivity contribution in [3.05, 3.63) is 71.3 Å². The Kier molecular flexibility index (Phi) is 2.64. The Morgan fingerprint density at radius 3 is 2.21 bits per heavy atom. The molecule has 0 aliphatic heterocycles. The number of benzene rings is 2. The lowest BCUT2D eigenvalue weighted by Crippen LogP contribution is -1.87. The summed E-state index contributed by atoms with van der Waals surface area (Å²) in [6.07, 6.45) is 1.03. The second kappa shape index (κ2) is 4.10. The second-order valence-electron chi connectivity index (χ2n) is 3.65. The molecule has 0 radical (unpaired) electrons. The molecule has 0 saturated carbocycles. The Labute approximate surface area is 85.2 Å². The molecule has 0 amide bonds. The highest BCUT2D eigenvalue weighted by Crippen LogP contribution is 2.10. The average Bonchev–Trinajstić information content (AvgIpc) is 2.19. The summed E-state index contributed by atoms with van der Waals surface area (Å²) in [4.78, 5) is 0. The van der Waals surface area contributed by atoms with Gasteiger partial charge < -0.3 is 0 Å². The van der Waals surface area contributed by atoms with Crippen molar-refractivity contribution in [2.75, 3.05) is 0 Å². The van der Waals surface area contributed by atoms with E-state index in [1.54, 1.807) is 0 Å². The molecule has 2 aromatic carbocycles. The zero-order valence-corrected chi connectivity index (χ0v) is 8.40. The maximum absolute atomic E-state index is 2.24. The van der Waals surface area contributed by atoms with Crippen LogP contribution in [0.3, 0.4) is 0 Å². The van der Waals surface area contributed by atoms with Gasteiger partial charge in [0.2, 0.25) is 0 Å². The van der Waals surface area contributed by atoms with E-state index < -0.39 is 0 Å². The molecule has 0 aliphatic rings. The van der Waals surface area contributed by atoms with Crippen LogP contribution < -0.4 is 0 Å². The van der Waals surface area contributed by atoms with Crippen LogP contribution in [-0.4, -0.2) is 0 Å². The largest absolute Gasteiger partial charge is 0.0622 e. The van der Waals surface area contributed by atoms with E-state index in [2.05, 4.69) is 61.5 Å². The lowest BCUT2D eigenvalue weighted by Gasteiger charge is -2.02. The fourth-order valence-electron chi connectivity index (χ4n) is 1.65. The van der Waals surface area contributed by atoms with Crippen LogP contribution in [0, 0.1) is 6.92 Å². The summed E-state index contributed by atoms with van der Waals surface area (Å²) >= 11 is 0. The minimum absolute atomic E-state index is 1.03. The van der Waals surface area contributed by atoms with Gasteiger partial charge >= 0.3 is 0 Å². The molecule has 0 N–H and O–H groups in total. The summed E-state index contributed by atoms with van der Waals surface area (Å²) < 4.78 is 0. The summed E-state index contributed by atoms with van der Waals surface area (Å²) in [6, 6.07) is 19.2. The summed E-state index contributed by atoms with van der Waals surface area (Å²) in [5.74, 6) is 0. The number of hydrogen-bond acceptors (Lipinski definition) is 0. The van der Waals surface area contributed by atoms with Crippen molar-refractivity contribution in [2.45, 2.75) is 13.3 Å². The van der Waals surface area contributed by atoms with Crippen molar-refractivity contribution in [1.29, 1.82) is 0 Å². The van der Waals surface area contributed by atoms with Crippen LogP contribution in [-0.2, 0) is 6.42 Å². The molecule has 70 valence electrons. The topological polar surface area (TPSA) is 0 Å². The van der Waals surface area contributed by atoms with Gasteiger partial charge in [-0.2, -0.15) is 0 Å². The Hall–Kier alpha value is -1.56. The van der Waals surface area contributed by atoms with Gasteiger partial charge in [-0.05, 0) is 24.5 Å². The molecule has 0 heteroatoms. The maximum Gasteiger partial charge on any atom is -0.00257 e. The van der Waals surface area contributed by atoms with Crippen LogP contribution in [0.5, 0.6) is 0 Å². The number of aryl methyl sites for hydroxylation is 1. The average molecular weight is 182 g/mol. The zero-order chi connectivity index (χ0) is 9.80. The van der Waals surface area contributed by atoms with Gasteiger partial charge in [0.05, 0.1) is 0 Å². The first kappa shape index (κ1) is 9.01. The van der Waals surface area contributed by atoms with Crippen LogP contribution >= 0.6 is 0 Å². The molecule has 0 aliphatic carbocycles. The fourth-order valence-corrected chi connectivity index (χ4v) is 1.65. The second-order valence-corrected chi connectivity index (χ2v) is 3.65. The molecule has 2 aromatic rings. The van der Waals surface area contributed by atoms with Crippen molar-refractivity contribution in [3.63, 3.8) is 0 Å². The predicted molar refractivity (Wildman–Crippen MR) is 60.4 cm³/mol. The van der Waals surface area contributed by atoms with Gasteiger partial charge in [0.25, 0.3) is 0 Å². The fraction of sp³-hybridized carbons (Fsp3) is 0.143. The lowest BCUT2D eigenvalue weighted by molar-refractivity contribution is 1.18. The van der Waals surface area contributed by atoms with Crippen molar-refractivity contribution in [3.8, 4) is 0 Å². The van der Waals surface area contributed by atoms with E-state index in [0.29, 0.717) is 0 Å². The number of hydrogen-bond donors (Lipinski definition) is 0. The molecule has 14 heavy (non-hydrogen) atoms. The maximum atomic E-state index is 2.24.